The van der Waals surface area contributed by atoms with E-state index in [0.29, 0.717) is 18.5 Å². The van der Waals surface area contributed by atoms with E-state index >= 15 is 0 Å². The number of aliphatic hydroxyl groups is 1. The van der Waals surface area contributed by atoms with Crippen LogP contribution in [-0.2, 0) is 14.3 Å². The average Bonchev–Trinajstić information content (AvgIpc) is 3.40. The molecule has 1 rings (SSSR count). The van der Waals surface area contributed by atoms with Gasteiger partial charge in [0.15, 0.2) is 0 Å². The van der Waals surface area contributed by atoms with E-state index in [1.54, 1.807) is 0 Å². The number of carboxylic acid groups (broad SMARTS) is 1. The Hall–Kier alpha value is -1.10. The quantitative estimate of drug-likeness (QED) is 0.222. The highest BCUT2D eigenvalue weighted by Gasteiger charge is 2.41. The topological polar surface area (TPSA) is 83.8 Å². The van der Waals surface area contributed by atoms with Crippen LogP contribution >= 0.6 is 0 Å². The Morgan fingerprint density at radius 2 is 1.68 bits per heavy atom. The molecule has 5 nitrogen and oxygen atoms in total. The number of aliphatic hydroxyl groups excluding tert-OH is 1. The van der Waals surface area contributed by atoms with Gasteiger partial charge in [0.25, 0.3) is 6.47 Å². The minimum atomic E-state index is -0.713. The van der Waals surface area contributed by atoms with Gasteiger partial charge in [-0.3, -0.25) is 9.59 Å². The van der Waals surface area contributed by atoms with Gasteiger partial charge in [0.2, 0.25) is 0 Å². The molecular weight excluding hydrogens is 356 g/mol. The van der Waals surface area contributed by atoms with Crippen molar-refractivity contribution in [3.05, 3.63) is 0 Å². The molecule has 0 amide bonds. The molecule has 28 heavy (non-hydrogen) atoms. The van der Waals surface area contributed by atoms with Crippen LogP contribution in [0.4, 0.5) is 0 Å². The number of rotatable bonds is 19. The molecule has 1 aliphatic carbocycles. The smallest absolute Gasteiger partial charge is 0.303 e. The van der Waals surface area contributed by atoms with Crippen molar-refractivity contribution in [1.29, 1.82) is 0 Å². The van der Waals surface area contributed by atoms with E-state index in [1.807, 2.05) is 0 Å². The first kappa shape index (κ1) is 24.9. The first-order valence-corrected chi connectivity index (χ1v) is 11.2. The highest BCUT2D eigenvalue weighted by Crippen LogP contribution is 2.52. The van der Waals surface area contributed by atoms with Crippen molar-refractivity contribution in [2.45, 2.75) is 116 Å². The Labute approximate surface area is 171 Å². The van der Waals surface area contributed by atoms with Crippen molar-refractivity contribution in [2.24, 2.45) is 10.8 Å². The third kappa shape index (κ3) is 12.4. The van der Waals surface area contributed by atoms with E-state index < -0.39 is 5.97 Å². The third-order valence-electron chi connectivity index (χ3n) is 6.43. The van der Waals surface area contributed by atoms with Crippen molar-refractivity contribution < 1.29 is 24.5 Å². The number of carboxylic acids is 1. The summed E-state index contributed by atoms with van der Waals surface area (Å²) in [6.07, 6.45) is 15.1. The zero-order valence-corrected chi connectivity index (χ0v) is 18.1. The summed E-state index contributed by atoms with van der Waals surface area (Å²) in [7, 11) is 0. The first-order valence-electron chi connectivity index (χ1n) is 11.2. The first-order chi connectivity index (χ1) is 13.3. The number of hydrogen-bond acceptors (Lipinski definition) is 4. The van der Waals surface area contributed by atoms with Crippen LogP contribution in [0.25, 0.3) is 0 Å². The van der Waals surface area contributed by atoms with Crippen LogP contribution in [0.15, 0.2) is 0 Å². The maximum Gasteiger partial charge on any atom is 0.303 e. The molecule has 0 bridgehead atoms. The Bertz CT molecular complexity index is 442. The SMILES string of the molecule is CC(C)(CCCCCC(O)CCCCCC1(CCOC=O)CC1)CCC(=O)O. The monoisotopic (exact) mass is 398 g/mol. The summed E-state index contributed by atoms with van der Waals surface area (Å²) < 4.78 is 4.83. The molecule has 1 saturated carbocycles. The number of hydrogen-bond donors (Lipinski definition) is 2. The van der Waals surface area contributed by atoms with E-state index in [-0.39, 0.29) is 17.9 Å². The molecule has 1 aliphatic rings. The van der Waals surface area contributed by atoms with E-state index in [9.17, 15) is 14.7 Å². The van der Waals surface area contributed by atoms with Crippen molar-refractivity contribution in [3.8, 4) is 0 Å². The number of carbonyl (C=O) groups excluding carboxylic acids is 1. The van der Waals surface area contributed by atoms with Gasteiger partial charge in [0.1, 0.15) is 0 Å². The molecule has 0 aromatic rings. The van der Waals surface area contributed by atoms with Gasteiger partial charge >= 0.3 is 5.97 Å². The normalized spacial score (nSPS) is 16.5. The Morgan fingerprint density at radius 3 is 2.25 bits per heavy atom. The van der Waals surface area contributed by atoms with Crippen LogP contribution in [0.5, 0.6) is 0 Å². The summed E-state index contributed by atoms with van der Waals surface area (Å²) in [5.41, 5.74) is 0.537. The second-order valence-corrected chi connectivity index (χ2v) is 9.63. The Morgan fingerprint density at radius 1 is 1.04 bits per heavy atom. The lowest BCUT2D eigenvalue weighted by atomic mass is 9.82. The summed E-state index contributed by atoms with van der Waals surface area (Å²) in [6.45, 7) is 5.38. The van der Waals surface area contributed by atoms with Gasteiger partial charge in [-0.15, -0.1) is 0 Å². The lowest BCUT2D eigenvalue weighted by Crippen LogP contribution is -2.13. The lowest BCUT2D eigenvalue weighted by Gasteiger charge is -2.23. The van der Waals surface area contributed by atoms with Crippen molar-refractivity contribution >= 4 is 12.4 Å². The Balaban J connectivity index is 1.95. The van der Waals surface area contributed by atoms with Gasteiger partial charge in [0, 0.05) is 6.42 Å². The maximum atomic E-state index is 10.7. The van der Waals surface area contributed by atoms with Crippen molar-refractivity contribution in [2.75, 3.05) is 6.61 Å². The Kier molecular flexibility index (Phi) is 11.7. The highest BCUT2D eigenvalue weighted by molar-refractivity contribution is 5.66. The summed E-state index contributed by atoms with van der Waals surface area (Å²) in [6, 6.07) is 0. The van der Waals surface area contributed by atoms with E-state index in [4.69, 9.17) is 9.84 Å². The van der Waals surface area contributed by atoms with Gasteiger partial charge in [-0.2, -0.15) is 0 Å². The predicted octanol–water partition coefficient (Wildman–Crippen LogP) is 5.48. The van der Waals surface area contributed by atoms with Gasteiger partial charge in [-0.25, -0.2) is 0 Å². The minimum Gasteiger partial charge on any atom is -0.481 e. The molecular formula is C23H42O5. The molecule has 0 radical (unpaired) electrons. The molecule has 0 aliphatic heterocycles. The molecule has 1 atom stereocenters. The molecule has 0 heterocycles. The second-order valence-electron chi connectivity index (χ2n) is 9.63. The molecule has 0 spiro atoms. The highest BCUT2D eigenvalue weighted by atomic mass is 16.5. The largest absolute Gasteiger partial charge is 0.481 e. The number of carbonyl (C=O) groups is 2. The van der Waals surface area contributed by atoms with E-state index in [1.165, 1.54) is 32.1 Å². The average molecular weight is 399 g/mol. The number of unbranched alkanes of at least 4 members (excludes halogenated alkanes) is 4. The second kappa shape index (κ2) is 13.2. The molecule has 0 aromatic carbocycles. The standard InChI is InChI=1S/C23H42O5/c1-22(2,14-11-21(26)27)12-7-3-5-9-20(25)10-6-4-8-13-23(15-16-23)17-18-28-19-24/h19-20,25H,3-18H2,1-2H3,(H,26,27). The van der Waals surface area contributed by atoms with Crippen LogP contribution in [0.1, 0.15) is 110 Å². The van der Waals surface area contributed by atoms with Crippen LogP contribution in [0.3, 0.4) is 0 Å². The van der Waals surface area contributed by atoms with Gasteiger partial charge in [-0.1, -0.05) is 52.4 Å². The zero-order chi connectivity index (χ0) is 20.9. The molecule has 1 fully saturated rings. The molecule has 5 heteroatoms. The predicted molar refractivity (Wildman–Crippen MR) is 111 cm³/mol. The van der Waals surface area contributed by atoms with Gasteiger partial charge < -0.3 is 14.9 Å². The molecule has 0 saturated heterocycles. The summed E-state index contributed by atoms with van der Waals surface area (Å²) in [5.74, 6) is -0.713. The minimum absolute atomic E-state index is 0.0926. The third-order valence-corrected chi connectivity index (χ3v) is 6.43. The van der Waals surface area contributed by atoms with Crippen LogP contribution in [-0.4, -0.2) is 35.4 Å². The fourth-order valence-corrected chi connectivity index (χ4v) is 4.06. The molecule has 164 valence electrons. The number of aliphatic carboxylic acids is 1. The summed E-state index contributed by atoms with van der Waals surface area (Å²) in [4.78, 5) is 20.9. The van der Waals surface area contributed by atoms with Crippen molar-refractivity contribution in [3.63, 3.8) is 0 Å². The summed E-state index contributed by atoms with van der Waals surface area (Å²) >= 11 is 0. The van der Waals surface area contributed by atoms with E-state index in [0.717, 1.165) is 57.8 Å². The van der Waals surface area contributed by atoms with Crippen molar-refractivity contribution in [1.82, 2.24) is 0 Å². The maximum absolute atomic E-state index is 10.7. The summed E-state index contributed by atoms with van der Waals surface area (Å²) in [5, 5.41) is 18.9. The zero-order valence-electron chi connectivity index (χ0n) is 18.1. The van der Waals surface area contributed by atoms with Crippen LogP contribution in [0.2, 0.25) is 0 Å². The van der Waals surface area contributed by atoms with Gasteiger partial charge in [0.05, 0.1) is 12.7 Å². The fraction of sp³-hybridized carbons (Fsp3) is 0.913. The fourth-order valence-electron chi connectivity index (χ4n) is 4.06. The lowest BCUT2D eigenvalue weighted by molar-refractivity contribution is -0.137. The van der Waals surface area contributed by atoms with Gasteiger partial charge in [-0.05, 0) is 62.2 Å². The molecule has 1 unspecified atom stereocenters. The number of ether oxygens (including phenoxy) is 1. The van der Waals surface area contributed by atoms with E-state index in [2.05, 4.69) is 13.8 Å². The molecule has 0 aromatic heterocycles. The molecule has 2 N–H and O–H groups in total. The van der Waals surface area contributed by atoms with Crippen LogP contribution < -0.4 is 0 Å². The van der Waals surface area contributed by atoms with Crippen LogP contribution in [0, 0.1) is 10.8 Å².